The summed E-state index contributed by atoms with van der Waals surface area (Å²) >= 11 is 0. The average molecular weight is 419 g/mol. The average Bonchev–Trinajstić information content (AvgIpc) is 2.72. The quantitative estimate of drug-likeness (QED) is 0.518. The van der Waals surface area contributed by atoms with Gasteiger partial charge in [-0.1, -0.05) is 48.5 Å². The van der Waals surface area contributed by atoms with E-state index in [-0.39, 0.29) is 24.5 Å². The van der Waals surface area contributed by atoms with Crippen LogP contribution in [-0.2, 0) is 30.9 Å². The molecule has 0 spiro atoms. The molecule has 0 saturated heterocycles. The lowest BCUT2D eigenvalue weighted by Gasteiger charge is -2.08. The monoisotopic (exact) mass is 419 g/mol. The number of imide groups is 1. The number of carbonyl (C=O) groups is 3. The van der Waals surface area contributed by atoms with Gasteiger partial charge in [-0.05, 0) is 17.7 Å². The molecule has 0 fully saturated rings. The summed E-state index contributed by atoms with van der Waals surface area (Å²) < 4.78 is 30.9. The number of ether oxygens (including phenoxy) is 1. The Labute approximate surface area is 168 Å². The molecule has 29 heavy (non-hydrogen) atoms. The molecule has 0 saturated carbocycles. The number of hydrogen-bond donors (Lipinski definition) is 3. The fraction of sp³-hybridized carbons (Fsp3) is 0.211. The third-order valence-corrected chi connectivity index (χ3v) is 5.02. The van der Waals surface area contributed by atoms with Crippen LogP contribution in [0.2, 0.25) is 0 Å². The zero-order valence-electron chi connectivity index (χ0n) is 15.5. The van der Waals surface area contributed by atoms with Crippen molar-refractivity contribution >= 4 is 27.9 Å². The Bertz CT molecular complexity index is 933. The van der Waals surface area contributed by atoms with Crippen LogP contribution in [0.1, 0.15) is 12.0 Å². The molecule has 0 aliphatic carbocycles. The van der Waals surface area contributed by atoms with Crippen LogP contribution in [-0.4, -0.2) is 39.5 Å². The van der Waals surface area contributed by atoms with Crippen molar-refractivity contribution in [1.29, 1.82) is 0 Å². The molecule has 9 nitrogen and oxygen atoms in total. The summed E-state index contributed by atoms with van der Waals surface area (Å²) in [7, 11) is -3.82. The van der Waals surface area contributed by atoms with E-state index in [1.807, 2.05) is 30.3 Å². The smallest absolute Gasteiger partial charge is 0.321 e. The number of esters is 1. The number of rotatable bonds is 9. The van der Waals surface area contributed by atoms with Gasteiger partial charge in [0.2, 0.25) is 15.9 Å². The summed E-state index contributed by atoms with van der Waals surface area (Å²) in [5.74, 6) is -1.47. The second-order valence-corrected chi connectivity index (χ2v) is 7.59. The van der Waals surface area contributed by atoms with Gasteiger partial charge in [0.1, 0.15) is 13.2 Å². The fourth-order valence-corrected chi connectivity index (χ4v) is 3.15. The van der Waals surface area contributed by atoms with E-state index in [0.717, 1.165) is 5.56 Å². The molecule has 10 heteroatoms. The van der Waals surface area contributed by atoms with Crippen molar-refractivity contribution in [1.82, 2.24) is 15.4 Å². The van der Waals surface area contributed by atoms with Gasteiger partial charge in [0.05, 0.1) is 11.3 Å². The first kappa shape index (κ1) is 22.1. The van der Waals surface area contributed by atoms with Crippen LogP contribution in [0.4, 0.5) is 4.79 Å². The van der Waals surface area contributed by atoms with Gasteiger partial charge >= 0.3 is 12.0 Å². The van der Waals surface area contributed by atoms with E-state index in [1.165, 1.54) is 12.1 Å². The maximum atomic E-state index is 12.0. The van der Waals surface area contributed by atoms with Gasteiger partial charge < -0.3 is 10.1 Å². The lowest BCUT2D eigenvalue weighted by Crippen LogP contribution is -2.39. The van der Waals surface area contributed by atoms with Crippen LogP contribution >= 0.6 is 0 Å². The molecule has 0 aromatic heterocycles. The summed E-state index contributed by atoms with van der Waals surface area (Å²) in [5.41, 5.74) is 0.877. The highest BCUT2D eigenvalue weighted by molar-refractivity contribution is 7.89. The topological polar surface area (TPSA) is 131 Å². The molecule has 2 aromatic rings. The molecule has 2 aromatic carbocycles. The van der Waals surface area contributed by atoms with E-state index in [4.69, 9.17) is 4.74 Å². The summed E-state index contributed by atoms with van der Waals surface area (Å²) in [6.07, 6.45) is -0.240. The number of nitrogens with one attached hydrogen (secondary N) is 3. The first-order chi connectivity index (χ1) is 13.9. The minimum Gasteiger partial charge on any atom is -0.464 e. The van der Waals surface area contributed by atoms with Crippen molar-refractivity contribution < 1.29 is 27.5 Å². The van der Waals surface area contributed by atoms with Crippen LogP contribution in [0, 0.1) is 0 Å². The molecule has 0 atom stereocenters. The maximum absolute atomic E-state index is 12.0. The van der Waals surface area contributed by atoms with Crippen molar-refractivity contribution in [3.05, 3.63) is 66.2 Å². The number of amides is 3. The van der Waals surface area contributed by atoms with Gasteiger partial charge in [-0.25, -0.2) is 13.2 Å². The van der Waals surface area contributed by atoms with Gasteiger partial charge in [-0.15, -0.1) is 0 Å². The van der Waals surface area contributed by atoms with Crippen LogP contribution in [0.15, 0.2) is 65.6 Å². The molecule has 0 aliphatic rings. The van der Waals surface area contributed by atoms with Gasteiger partial charge in [-0.3, -0.25) is 14.9 Å². The van der Waals surface area contributed by atoms with Crippen molar-refractivity contribution in [2.24, 2.45) is 0 Å². The number of carbonyl (C=O) groups excluding carboxylic acids is 3. The van der Waals surface area contributed by atoms with E-state index >= 15 is 0 Å². The molecule has 2 rings (SSSR count). The van der Waals surface area contributed by atoms with Crippen molar-refractivity contribution in [2.75, 3.05) is 13.2 Å². The Kier molecular flexibility index (Phi) is 8.31. The molecular formula is C19H21N3O6S. The normalized spacial score (nSPS) is 10.8. The molecule has 0 bridgehead atoms. The summed E-state index contributed by atoms with van der Waals surface area (Å²) in [6, 6.07) is 16.1. The molecule has 154 valence electrons. The first-order valence-electron chi connectivity index (χ1n) is 8.69. The van der Waals surface area contributed by atoms with Gasteiger partial charge in [0.25, 0.3) is 0 Å². The summed E-state index contributed by atoms with van der Waals surface area (Å²) in [4.78, 5) is 35.0. The number of benzene rings is 2. The third-order valence-electron chi connectivity index (χ3n) is 3.60. The maximum Gasteiger partial charge on any atom is 0.321 e. The van der Waals surface area contributed by atoms with Crippen LogP contribution < -0.4 is 15.4 Å². The van der Waals surface area contributed by atoms with Gasteiger partial charge in [0, 0.05) is 6.54 Å². The highest BCUT2D eigenvalue weighted by Gasteiger charge is 2.16. The zero-order valence-corrected chi connectivity index (χ0v) is 16.3. The Morgan fingerprint density at radius 1 is 0.897 bits per heavy atom. The number of sulfonamides is 1. The molecular weight excluding hydrogens is 398 g/mol. The second-order valence-electron chi connectivity index (χ2n) is 5.82. The molecule has 3 amide bonds. The molecule has 0 unspecified atom stereocenters. The third kappa shape index (κ3) is 8.11. The number of hydrogen-bond acceptors (Lipinski definition) is 6. The summed E-state index contributed by atoms with van der Waals surface area (Å²) in [5, 5.41) is 4.64. The van der Waals surface area contributed by atoms with Crippen LogP contribution in [0.3, 0.4) is 0 Å². The van der Waals surface area contributed by atoms with E-state index < -0.39 is 34.5 Å². The predicted octanol–water partition coefficient (Wildman–Crippen LogP) is 0.924. The highest BCUT2D eigenvalue weighted by atomic mass is 32.2. The van der Waals surface area contributed by atoms with Crippen molar-refractivity contribution in [3.8, 4) is 0 Å². The lowest BCUT2D eigenvalue weighted by molar-refractivity contribution is -0.142. The SMILES string of the molecule is O=C(CCOC(=O)CNS(=O)(=O)c1ccccc1)NC(=O)NCc1ccccc1. The lowest BCUT2D eigenvalue weighted by atomic mass is 10.2. The van der Waals surface area contributed by atoms with E-state index in [9.17, 15) is 22.8 Å². The van der Waals surface area contributed by atoms with Crippen LogP contribution in [0.25, 0.3) is 0 Å². The zero-order chi connectivity index (χ0) is 21.1. The fourth-order valence-electron chi connectivity index (χ4n) is 2.16. The van der Waals surface area contributed by atoms with E-state index in [0.29, 0.717) is 0 Å². The predicted molar refractivity (Wildman–Crippen MR) is 104 cm³/mol. The minimum atomic E-state index is -3.82. The van der Waals surface area contributed by atoms with E-state index in [2.05, 4.69) is 15.4 Å². The Balaban J connectivity index is 1.62. The molecule has 0 aliphatic heterocycles. The van der Waals surface area contributed by atoms with Crippen LogP contribution in [0.5, 0.6) is 0 Å². The van der Waals surface area contributed by atoms with Crippen molar-refractivity contribution in [3.63, 3.8) is 0 Å². The number of urea groups is 1. The van der Waals surface area contributed by atoms with E-state index in [1.54, 1.807) is 18.2 Å². The first-order valence-corrected chi connectivity index (χ1v) is 10.2. The van der Waals surface area contributed by atoms with Gasteiger partial charge in [-0.2, -0.15) is 4.72 Å². The van der Waals surface area contributed by atoms with Gasteiger partial charge in [0.15, 0.2) is 0 Å². The second kappa shape index (κ2) is 10.9. The Morgan fingerprint density at radius 3 is 2.17 bits per heavy atom. The Hall–Kier alpha value is -3.24. The summed E-state index contributed by atoms with van der Waals surface area (Å²) in [6.45, 7) is -0.601. The highest BCUT2D eigenvalue weighted by Crippen LogP contribution is 2.06. The van der Waals surface area contributed by atoms with Crippen molar-refractivity contribution in [2.45, 2.75) is 17.9 Å². The molecule has 3 N–H and O–H groups in total. The molecule has 0 heterocycles. The largest absolute Gasteiger partial charge is 0.464 e. The minimum absolute atomic E-state index is 0.0219. The Morgan fingerprint density at radius 2 is 1.52 bits per heavy atom. The standard InChI is InChI=1S/C19H21N3O6S/c23-17(22-19(25)20-13-15-7-3-1-4-8-15)11-12-28-18(24)14-21-29(26,27)16-9-5-2-6-10-16/h1-10,21H,11-14H2,(H2,20,22,23,25). The molecule has 0 radical (unpaired) electrons.